The van der Waals surface area contributed by atoms with E-state index in [1.165, 1.54) is 7.11 Å². The predicted octanol–water partition coefficient (Wildman–Crippen LogP) is 3.94. The van der Waals surface area contributed by atoms with E-state index in [1.54, 1.807) is 26.0 Å². The van der Waals surface area contributed by atoms with Gasteiger partial charge in [0.1, 0.15) is 24.0 Å². The van der Waals surface area contributed by atoms with Crippen molar-refractivity contribution >= 4 is 27.9 Å². The van der Waals surface area contributed by atoms with Crippen molar-refractivity contribution < 1.29 is 38.7 Å². The number of rotatable bonds is 7. The van der Waals surface area contributed by atoms with Crippen LogP contribution in [-0.4, -0.2) is 76.5 Å². The fraction of sp³-hybridized carbons (Fsp3) is 0.655. The minimum Gasteiger partial charge on any atom is -0.457 e. The lowest BCUT2D eigenvalue weighted by Crippen LogP contribution is -2.47. The number of halogens is 1. The van der Waals surface area contributed by atoms with Crippen LogP contribution in [0.25, 0.3) is 0 Å². The second-order valence-corrected chi connectivity index (χ2v) is 12.2. The number of cyclic esters (lactones) is 1. The summed E-state index contributed by atoms with van der Waals surface area (Å²) in [6.45, 7) is 9.03. The maximum absolute atomic E-state index is 13.1. The highest BCUT2D eigenvalue weighted by molar-refractivity contribution is 9.10. The number of aliphatic hydroxyl groups is 2. The molecule has 1 fully saturated rings. The molecule has 0 unspecified atom stereocenters. The summed E-state index contributed by atoms with van der Waals surface area (Å²) in [4.78, 5) is 29.1. The number of ether oxygens (including phenoxy) is 4. The molecule has 3 heterocycles. The number of fused-ring (bicyclic) bond motifs is 1. The molecule has 0 aromatic carbocycles. The van der Waals surface area contributed by atoms with Crippen molar-refractivity contribution in [2.75, 3.05) is 7.11 Å². The van der Waals surface area contributed by atoms with Gasteiger partial charge in [-0.15, -0.1) is 0 Å². The monoisotopic (exact) mass is 609 g/mol. The molecule has 1 saturated heterocycles. The Morgan fingerprint density at radius 3 is 2.51 bits per heavy atom. The average Bonchev–Trinajstić information content (AvgIpc) is 3.45. The van der Waals surface area contributed by atoms with Crippen LogP contribution in [0.5, 0.6) is 0 Å². The molecule has 39 heavy (non-hydrogen) atoms. The fourth-order valence-corrected chi connectivity index (χ4v) is 6.59. The van der Waals surface area contributed by atoms with Gasteiger partial charge >= 0.3 is 11.9 Å². The summed E-state index contributed by atoms with van der Waals surface area (Å²) in [5.41, 5.74) is 0.471. The van der Waals surface area contributed by atoms with E-state index in [0.29, 0.717) is 23.1 Å². The first-order valence-corrected chi connectivity index (χ1v) is 14.4. The van der Waals surface area contributed by atoms with Crippen molar-refractivity contribution in [1.82, 2.24) is 4.98 Å². The molecule has 10 heteroatoms. The number of aromatic amines is 1. The molecule has 0 amide bonds. The molecule has 3 aliphatic rings. The molecule has 1 aromatic rings. The molecule has 9 nitrogen and oxygen atoms in total. The Bertz CT molecular complexity index is 1110. The summed E-state index contributed by atoms with van der Waals surface area (Å²) >= 11 is 3.32. The smallest absolute Gasteiger partial charge is 0.355 e. The number of carbonyl (C=O) groups excluding carboxylic acids is 2. The molecule has 4 rings (SSSR count). The molecule has 3 N–H and O–H groups in total. The molecule has 1 aromatic heterocycles. The van der Waals surface area contributed by atoms with Gasteiger partial charge < -0.3 is 34.1 Å². The summed E-state index contributed by atoms with van der Waals surface area (Å²) in [7, 11) is 1.47. The van der Waals surface area contributed by atoms with Crippen LogP contribution in [0.1, 0.15) is 57.9 Å². The van der Waals surface area contributed by atoms with Gasteiger partial charge in [-0.2, -0.15) is 0 Å². The zero-order valence-electron chi connectivity index (χ0n) is 23.3. The van der Waals surface area contributed by atoms with Gasteiger partial charge in [-0.3, -0.25) is 0 Å². The van der Waals surface area contributed by atoms with Crippen LogP contribution < -0.4 is 0 Å². The highest BCUT2D eigenvalue weighted by atomic mass is 79.9. The Morgan fingerprint density at radius 1 is 1.21 bits per heavy atom. The third kappa shape index (κ3) is 5.91. The summed E-state index contributed by atoms with van der Waals surface area (Å²) in [5.74, 6) is -2.05. The van der Waals surface area contributed by atoms with E-state index in [1.807, 2.05) is 26.8 Å². The number of nitrogens with one attached hydrogen (secondary N) is 1. The molecule has 0 radical (unpaired) electrons. The number of aromatic nitrogens is 1. The highest BCUT2D eigenvalue weighted by Crippen LogP contribution is 2.53. The molecule has 11 atom stereocenters. The Hall–Kier alpha value is -1.98. The lowest BCUT2D eigenvalue weighted by atomic mass is 9.69. The molecule has 216 valence electrons. The maximum Gasteiger partial charge on any atom is 0.355 e. The maximum atomic E-state index is 13.1. The van der Waals surface area contributed by atoms with Crippen molar-refractivity contribution in [3.05, 3.63) is 46.2 Å². The number of carbonyl (C=O) groups is 2. The normalized spacial score (nSPS) is 37.1. The van der Waals surface area contributed by atoms with E-state index >= 15 is 0 Å². The number of H-pyrrole nitrogens is 1. The number of esters is 2. The molecule has 1 spiro atoms. The minimum absolute atomic E-state index is 0.0854. The van der Waals surface area contributed by atoms with Crippen LogP contribution in [0.3, 0.4) is 0 Å². The molecule has 0 saturated carbocycles. The Balaban J connectivity index is 1.73. The van der Waals surface area contributed by atoms with E-state index in [2.05, 4.69) is 33.1 Å². The Kier molecular flexibility index (Phi) is 9.12. The summed E-state index contributed by atoms with van der Waals surface area (Å²) in [6, 6.07) is 3.36. The summed E-state index contributed by atoms with van der Waals surface area (Å²) in [6.07, 6.45) is 2.62. The first kappa shape index (κ1) is 30.0. The predicted molar refractivity (Wildman–Crippen MR) is 147 cm³/mol. The van der Waals surface area contributed by atoms with Crippen LogP contribution >= 0.6 is 15.9 Å². The van der Waals surface area contributed by atoms with Gasteiger partial charge in [0.2, 0.25) is 0 Å². The fourth-order valence-electron chi connectivity index (χ4n) is 6.25. The SMILES string of the molecule is CO[C@H]1C[C@H]2C=C[C@@H]3C[C@]2(O[C@H]3[C@H](OC(=O)c2ccc(Br)[nH]2)[C@H](C)[C@H](C)O)/C(C)=C/[C@@H](C)[C@@H]([C@@H](C)O)OC1=O. The number of methoxy groups -OCH3 is 1. The average molecular weight is 611 g/mol. The molecule has 2 bridgehead atoms. The van der Waals surface area contributed by atoms with Gasteiger partial charge in [0.25, 0.3) is 0 Å². The van der Waals surface area contributed by atoms with Gasteiger partial charge in [-0.25, -0.2) is 9.59 Å². The van der Waals surface area contributed by atoms with Crippen molar-refractivity contribution in [3.8, 4) is 0 Å². The van der Waals surface area contributed by atoms with E-state index in [0.717, 1.165) is 5.57 Å². The van der Waals surface area contributed by atoms with Crippen LogP contribution in [0.4, 0.5) is 0 Å². The van der Waals surface area contributed by atoms with Crippen molar-refractivity contribution in [3.63, 3.8) is 0 Å². The van der Waals surface area contributed by atoms with Gasteiger partial charge in [-0.05, 0) is 67.2 Å². The Labute approximate surface area is 238 Å². The van der Waals surface area contributed by atoms with Gasteiger partial charge in [0, 0.05) is 30.8 Å². The number of hydrogen-bond donors (Lipinski definition) is 3. The lowest BCUT2D eigenvalue weighted by Gasteiger charge is -2.41. The molecular weight excluding hydrogens is 570 g/mol. The third-order valence-electron chi connectivity index (χ3n) is 8.65. The minimum atomic E-state index is -0.877. The molecule has 1 aliphatic carbocycles. The topological polar surface area (TPSA) is 127 Å². The first-order valence-electron chi connectivity index (χ1n) is 13.6. The second-order valence-electron chi connectivity index (χ2n) is 11.3. The van der Waals surface area contributed by atoms with Crippen LogP contribution in [-0.2, 0) is 23.7 Å². The summed E-state index contributed by atoms with van der Waals surface area (Å²) in [5, 5.41) is 20.9. The summed E-state index contributed by atoms with van der Waals surface area (Å²) < 4.78 is 24.9. The molecule has 2 aliphatic heterocycles. The highest BCUT2D eigenvalue weighted by Gasteiger charge is 2.57. The van der Waals surface area contributed by atoms with Crippen LogP contribution in [0.2, 0.25) is 0 Å². The Morgan fingerprint density at radius 2 is 1.92 bits per heavy atom. The van der Waals surface area contributed by atoms with Crippen molar-refractivity contribution in [1.29, 1.82) is 0 Å². The molecular formula is C29H40BrNO8. The number of aliphatic hydroxyl groups excluding tert-OH is 2. The van der Waals surface area contributed by atoms with E-state index < -0.39 is 60.1 Å². The van der Waals surface area contributed by atoms with Crippen molar-refractivity contribution in [2.24, 2.45) is 23.7 Å². The largest absolute Gasteiger partial charge is 0.457 e. The van der Waals surface area contributed by atoms with Gasteiger partial charge in [0.05, 0.1) is 22.4 Å². The first-order chi connectivity index (χ1) is 18.4. The zero-order chi connectivity index (χ0) is 28.6. The van der Waals surface area contributed by atoms with E-state index in [9.17, 15) is 19.8 Å². The van der Waals surface area contributed by atoms with E-state index in [4.69, 9.17) is 18.9 Å². The van der Waals surface area contributed by atoms with E-state index in [-0.39, 0.29) is 17.8 Å². The third-order valence-corrected chi connectivity index (χ3v) is 9.12. The van der Waals surface area contributed by atoms with Gasteiger partial charge in [-0.1, -0.05) is 32.1 Å². The number of hydrogen-bond acceptors (Lipinski definition) is 8. The standard InChI is InChI=1S/C29H40BrNO8/c1-14-11-15(2)29-13-19(7-8-20(29)12-22(36-6)28(35)37-24(14)18(5)33)26(39-29)25(16(3)17(4)32)38-27(34)21-9-10-23(30)31-21/h7-11,14,16-20,22,24-26,31-33H,12-13H2,1-6H3/b15-11+/t14-,16-,17+,18-,19-,20-,22+,24+,25-,26-,29+/m1/s1. The zero-order valence-corrected chi connectivity index (χ0v) is 24.9. The van der Waals surface area contributed by atoms with Gasteiger partial charge in [0.15, 0.2) is 6.10 Å². The lowest BCUT2D eigenvalue weighted by molar-refractivity contribution is -0.172. The quantitative estimate of drug-likeness (QED) is 0.313. The van der Waals surface area contributed by atoms with Crippen LogP contribution in [0, 0.1) is 23.7 Å². The van der Waals surface area contributed by atoms with Crippen LogP contribution in [0.15, 0.2) is 40.5 Å². The van der Waals surface area contributed by atoms with Crippen molar-refractivity contribution in [2.45, 2.75) is 89.7 Å². The second kappa shape index (κ2) is 11.9.